The molecule has 0 radical (unpaired) electrons. The van der Waals surface area contributed by atoms with Crippen molar-refractivity contribution in [3.8, 4) is 0 Å². The van der Waals surface area contributed by atoms with Crippen molar-refractivity contribution in [3.63, 3.8) is 0 Å². The van der Waals surface area contributed by atoms with Gasteiger partial charge in [0, 0.05) is 26.2 Å². The third-order valence-electron chi connectivity index (χ3n) is 9.29. The molecule has 39 heavy (non-hydrogen) atoms. The first-order valence-corrected chi connectivity index (χ1v) is 20.3. The van der Waals surface area contributed by atoms with Gasteiger partial charge in [-0.05, 0) is 83.5 Å². The predicted molar refractivity (Wildman–Crippen MR) is 170 cm³/mol. The normalized spacial score (nSPS) is 22.9. The van der Waals surface area contributed by atoms with Crippen LogP contribution in [0, 0.1) is 0 Å². The molecule has 0 saturated heterocycles. The number of halogens is 2. The Bertz CT molecular complexity index is 1190. The van der Waals surface area contributed by atoms with Crippen LogP contribution in [0.15, 0.2) is 60.0 Å². The van der Waals surface area contributed by atoms with Crippen molar-refractivity contribution in [2.75, 3.05) is 0 Å². The van der Waals surface area contributed by atoms with Gasteiger partial charge in [-0.1, -0.05) is 90.1 Å². The topological polar surface area (TPSA) is 18.5 Å². The van der Waals surface area contributed by atoms with E-state index >= 15 is 0 Å². The van der Waals surface area contributed by atoms with Crippen LogP contribution < -0.4 is 0 Å². The molecule has 2 aliphatic rings. The molecule has 7 heteroatoms. The smallest absolute Gasteiger partial charge is 0.250 e. The number of alkyl halides is 2. The summed E-state index contributed by atoms with van der Waals surface area (Å²) in [5, 5.41) is 0.122. The molecule has 210 valence electrons. The molecule has 0 saturated carbocycles. The van der Waals surface area contributed by atoms with Crippen molar-refractivity contribution in [2.24, 2.45) is 0 Å². The van der Waals surface area contributed by atoms with Gasteiger partial charge in [-0.3, -0.25) is 0 Å². The number of benzene rings is 2. The third kappa shape index (κ3) is 6.00. The number of hydrogen-bond donors (Lipinski definition) is 0. The van der Waals surface area contributed by atoms with Crippen LogP contribution in [0.25, 0.3) is 12.2 Å². The molecule has 0 aliphatic heterocycles. The van der Waals surface area contributed by atoms with Gasteiger partial charge in [-0.15, -0.1) is 23.2 Å². The van der Waals surface area contributed by atoms with E-state index in [1.165, 1.54) is 0 Å². The molecule has 2 nitrogen and oxygen atoms in total. The zero-order valence-electron chi connectivity index (χ0n) is 25.3. The molecule has 4 rings (SSSR count). The molecule has 2 atom stereocenters. The minimum atomic E-state index is -2.12. The Hall–Kier alpha value is -0.583. The molecule has 2 aliphatic carbocycles. The summed E-state index contributed by atoms with van der Waals surface area (Å²) < 4.78 is 13.8. The monoisotopic (exact) mass is 676 g/mol. The Morgan fingerprint density at radius 3 is 1.23 bits per heavy atom. The number of fused-ring (bicyclic) bond motifs is 2. The second-order valence-electron chi connectivity index (χ2n) is 14.0. The van der Waals surface area contributed by atoms with Gasteiger partial charge in [0.05, 0.1) is 0 Å². The van der Waals surface area contributed by atoms with Gasteiger partial charge in [-0.25, -0.2) is 0 Å². The quantitative estimate of drug-likeness (QED) is 0.214. The minimum Gasteiger partial charge on any atom is -0.545 e. The van der Waals surface area contributed by atoms with Crippen LogP contribution in [0.3, 0.4) is 0 Å². The summed E-state index contributed by atoms with van der Waals surface area (Å²) in [6.45, 7) is 22.7. The van der Waals surface area contributed by atoms with E-state index in [-0.39, 0.29) is 36.3 Å². The molecule has 0 aromatic heterocycles. The molecular formula is C32H44Cl2O2Si2Zr. The van der Waals surface area contributed by atoms with Crippen LogP contribution in [-0.2, 0) is 44.8 Å². The number of allylic oxidation sites excluding steroid dienone is 2. The van der Waals surface area contributed by atoms with Crippen molar-refractivity contribution < 1.29 is 35.1 Å². The van der Waals surface area contributed by atoms with Crippen LogP contribution in [-0.4, -0.2) is 16.6 Å². The van der Waals surface area contributed by atoms with E-state index in [1.807, 2.05) is 0 Å². The van der Waals surface area contributed by atoms with Crippen LogP contribution in [0.5, 0.6) is 0 Å². The van der Waals surface area contributed by atoms with Gasteiger partial charge in [-0.2, -0.15) is 0 Å². The number of rotatable bonds is 7. The second-order valence-corrected chi connectivity index (χ2v) is 24.8. The van der Waals surface area contributed by atoms with E-state index in [4.69, 9.17) is 32.1 Å². The zero-order chi connectivity index (χ0) is 28.4. The van der Waals surface area contributed by atoms with Gasteiger partial charge in [0.2, 0.25) is 16.6 Å². The zero-order valence-corrected chi connectivity index (χ0v) is 31.2. The molecule has 2 aromatic carbocycles. The van der Waals surface area contributed by atoms with Crippen molar-refractivity contribution in [3.05, 3.63) is 82.3 Å². The Balaban J connectivity index is 0.00000420. The van der Waals surface area contributed by atoms with Crippen molar-refractivity contribution >= 4 is 52.0 Å². The molecule has 0 heterocycles. The number of hydrogen-bond acceptors (Lipinski definition) is 2. The SMILES string of the molecule is CC(C)(C)[Si](C)(C)OC1=Cc2ccccc2C1(Cl)CCC1(Cl)C(O[Si](C)(C)C(C)(C)C)=Cc2ccccc21.[Zr]. The van der Waals surface area contributed by atoms with E-state index in [1.54, 1.807) is 0 Å². The second kappa shape index (κ2) is 10.9. The van der Waals surface area contributed by atoms with E-state index in [9.17, 15) is 0 Å². The summed E-state index contributed by atoms with van der Waals surface area (Å²) in [6, 6.07) is 16.8. The van der Waals surface area contributed by atoms with Crippen LogP contribution >= 0.6 is 23.2 Å². The minimum absolute atomic E-state index is 0. The summed E-state index contributed by atoms with van der Waals surface area (Å²) in [5.74, 6) is 1.71. The van der Waals surface area contributed by atoms with Gasteiger partial charge >= 0.3 is 0 Å². The summed E-state index contributed by atoms with van der Waals surface area (Å²) >= 11 is 15.3. The maximum atomic E-state index is 7.66. The fourth-order valence-electron chi connectivity index (χ4n) is 4.68. The molecule has 0 N–H and O–H groups in total. The van der Waals surface area contributed by atoms with Gasteiger partial charge in [0.15, 0.2) is 0 Å². The standard InChI is InChI=1S/C32H44Cl2O2Si2.Zr/c1-29(2,3)37(7,8)35-27-21-23-15-11-13-17-25(23)31(27,33)19-20-32(34)26-18-14-12-16-24(26)22-28(32)36-38(9,10)30(4,5)6;/h11-18,21-22H,19-20H2,1-10H3;. The first-order chi connectivity index (χ1) is 17.3. The summed E-state index contributed by atoms with van der Waals surface area (Å²) in [7, 11) is -4.23. The Morgan fingerprint density at radius 1 is 0.615 bits per heavy atom. The molecule has 2 unspecified atom stereocenters. The maximum absolute atomic E-state index is 7.66. The Morgan fingerprint density at radius 2 is 0.923 bits per heavy atom. The van der Waals surface area contributed by atoms with Crippen LogP contribution in [0.4, 0.5) is 0 Å². The van der Waals surface area contributed by atoms with Crippen molar-refractivity contribution in [2.45, 2.75) is 100 Å². The van der Waals surface area contributed by atoms with Gasteiger partial charge in [0.1, 0.15) is 21.3 Å². The molecule has 0 bridgehead atoms. The van der Waals surface area contributed by atoms with Crippen molar-refractivity contribution in [1.29, 1.82) is 0 Å². The Kier molecular flexibility index (Phi) is 9.22. The van der Waals surface area contributed by atoms with E-state index in [0.29, 0.717) is 12.8 Å². The van der Waals surface area contributed by atoms with Crippen LogP contribution in [0.2, 0.25) is 36.3 Å². The van der Waals surface area contributed by atoms with E-state index in [2.05, 4.69) is 128 Å². The van der Waals surface area contributed by atoms with Gasteiger partial charge < -0.3 is 8.85 Å². The molecule has 0 fully saturated rings. The Labute approximate surface area is 267 Å². The van der Waals surface area contributed by atoms with E-state index in [0.717, 1.165) is 33.8 Å². The fraction of sp³-hybridized carbons (Fsp3) is 0.500. The van der Waals surface area contributed by atoms with Crippen LogP contribution in [0.1, 0.15) is 76.6 Å². The molecule has 2 aromatic rings. The average Bonchev–Trinajstić information content (AvgIpc) is 3.22. The molecule has 0 amide bonds. The summed E-state index contributed by atoms with van der Waals surface area (Å²) in [4.78, 5) is -1.57. The molecule has 0 spiro atoms. The summed E-state index contributed by atoms with van der Waals surface area (Å²) in [6.07, 6.45) is 5.55. The fourth-order valence-corrected chi connectivity index (χ4v) is 7.71. The largest absolute Gasteiger partial charge is 0.545 e. The first-order valence-electron chi connectivity index (χ1n) is 13.7. The first kappa shape index (κ1) is 32.9. The van der Waals surface area contributed by atoms with Gasteiger partial charge in [0.25, 0.3) is 0 Å². The van der Waals surface area contributed by atoms with E-state index < -0.39 is 26.4 Å². The van der Waals surface area contributed by atoms with Crippen molar-refractivity contribution in [1.82, 2.24) is 0 Å². The maximum Gasteiger partial charge on any atom is 0.250 e. The predicted octanol–water partition coefficient (Wildman–Crippen LogP) is 10.8. The third-order valence-corrected chi connectivity index (χ3v) is 19.1. The molecular weight excluding hydrogens is 635 g/mol. The summed E-state index contributed by atoms with van der Waals surface area (Å²) in [5.41, 5.74) is 4.44. The average molecular weight is 679 g/mol.